The van der Waals surface area contributed by atoms with Crippen molar-refractivity contribution in [3.63, 3.8) is 0 Å². The maximum Gasteiger partial charge on any atom is 0.0540 e. The molecule has 0 bridgehead atoms. The van der Waals surface area contributed by atoms with E-state index in [1.807, 2.05) is 6.07 Å². The Morgan fingerprint density at radius 2 is 0.897 bits per heavy atom. The predicted octanol–water partition coefficient (Wildman–Crippen LogP) is 10.7. The molecular weight excluding hydrogens is 470 g/mol. The molecule has 0 aliphatic rings. The molecule has 0 heterocycles. The van der Waals surface area contributed by atoms with E-state index in [-0.39, 0.29) is 0 Å². The fourth-order valence-electron chi connectivity index (χ4n) is 4.90. The summed E-state index contributed by atoms with van der Waals surface area (Å²) < 4.78 is 0. The summed E-state index contributed by atoms with van der Waals surface area (Å²) in [5, 5.41) is 0. The second-order valence-electron chi connectivity index (χ2n) is 9.47. The van der Waals surface area contributed by atoms with Gasteiger partial charge in [0.15, 0.2) is 0 Å². The van der Waals surface area contributed by atoms with Crippen LogP contribution in [0.25, 0.3) is 34.4 Å². The number of hydrogen-bond donors (Lipinski definition) is 0. The molecule has 0 saturated carbocycles. The standard InChI is InChI=1S/C38H29N/c1-4-13-30(14-5-1)23-24-31-25-27-35(28-26-31)39(36-20-12-19-34(29-36)32-15-6-2-7-16-32)38-22-11-10-21-37(38)33-17-8-3-9-18-33/h1-29H. The summed E-state index contributed by atoms with van der Waals surface area (Å²) in [6, 6.07) is 57.8. The van der Waals surface area contributed by atoms with Crippen LogP contribution in [0, 0.1) is 0 Å². The molecular formula is C38H29N. The van der Waals surface area contributed by atoms with Crippen LogP contribution in [0.5, 0.6) is 0 Å². The lowest BCUT2D eigenvalue weighted by atomic mass is 10.0. The van der Waals surface area contributed by atoms with E-state index < -0.39 is 0 Å². The first-order chi connectivity index (χ1) is 19.3. The van der Waals surface area contributed by atoms with Crippen LogP contribution in [0.1, 0.15) is 11.1 Å². The van der Waals surface area contributed by atoms with Gasteiger partial charge in [0.2, 0.25) is 0 Å². The van der Waals surface area contributed by atoms with Gasteiger partial charge in [-0.3, -0.25) is 0 Å². The van der Waals surface area contributed by atoms with Crippen LogP contribution in [0.4, 0.5) is 17.1 Å². The van der Waals surface area contributed by atoms with Crippen LogP contribution in [-0.4, -0.2) is 0 Å². The maximum absolute atomic E-state index is 2.36. The summed E-state index contributed by atoms with van der Waals surface area (Å²) in [6.45, 7) is 0. The molecule has 1 heteroatoms. The van der Waals surface area contributed by atoms with Crippen molar-refractivity contribution in [2.75, 3.05) is 4.90 Å². The minimum absolute atomic E-state index is 1.11. The summed E-state index contributed by atoms with van der Waals surface area (Å²) >= 11 is 0. The van der Waals surface area contributed by atoms with E-state index in [4.69, 9.17) is 0 Å². The highest BCUT2D eigenvalue weighted by Gasteiger charge is 2.17. The van der Waals surface area contributed by atoms with Gasteiger partial charge in [-0.2, -0.15) is 0 Å². The Morgan fingerprint density at radius 1 is 0.359 bits per heavy atom. The maximum atomic E-state index is 2.36. The van der Waals surface area contributed by atoms with E-state index in [1.54, 1.807) is 0 Å². The van der Waals surface area contributed by atoms with Crippen molar-refractivity contribution in [3.8, 4) is 22.3 Å². The smallest absolute Gasteiger partial charge is 0.0540 e. The highest BCUT2D eigenvalue weighted by molar-refractivity contribution is 5.89. The number of benzene rings is 6. The van der Waals surface area contributed by atoms with E-state index >= 15 is 0 Å². The molecule has 39 heavy (non-hydrogen) atoms. The lowest BCUT2D eigenvalue weighted by molar-refractivity contribution is 1.28. The van der Waals surface area contributed by atoms with Crippen LogP contribution in [0.15, 0.2) is 164 Å². The van der Waals surface area contributed by atoms with Crippen molar-refractivity contribution in [1.29, 1.82) is 0 Å². The third-order valence-corrected chi connectivity index (χ3v) is 6.86. The molecule has 0 radical (unpaired) electrons. The monoisotopic (exact) mass is 499 g/mol. The minimum atomic E-state index is 1.11. The second-order valence-corrected chi connectivity index (χ2v) is 9.47. The van der Waals surface area contributed by atoms with Crippen LogP contribution in [-0.2, 0) is 0 Å². The minimum Gasteiger partial charge on any atom is -0.310 e. The average Bonchev–Trinajstić information content (AvgIpc) is 3.03. The van der Waals surface area contributed by atoms with E-state index in [0.29, 0.717) is 0 Å². The summed E-state index contributed by atoms with van der Waals surface area (Å²) in [5.41, 5.74) is 10.5. The first-order valence-electron chi connectivity index (χ1n) is 13.3. The largest absolute Gasteiger partial charge is 0.310 e. The van der Waals surface area contributed by atoms with Gasteiger partial charge in [-0.05, 0) is 58.1 Å². The van der Waals surface area contributed by atoms with Gasteiger partial charge in [0.1, 0.15) is 0 Å². The first kappa shape index (κ1) is 24.2. The van der Waals surface area contributed by atoms with Crippen molar-refractivity contribution in [2.24, 2.45) is 0 Å². The van der Waals surface area contributed by atoms with Gasteiger partial charge >= 0.3 is 0 Å². The van der Waals surface area contributed by atoms with Crippen molar-refractivity contribution >= 4 is 29.2 Å². The van der Waals surface area contributed by atoms with E-state index in [1.165, 1.54) is 27.8 Å². The Morgan fingerprint density at radius 3 is 1.59 bits per heavy atom. The molecule has 0 amide bonds. The van der Waals surface area contributed by atoms with E-state index in [2.05, 4.69) is 175 Å². The Bertz CT molecular complexity index is 1670. The van der Waals surface area contributed by atoms with E-state index in [9.17, 15) is 0 Å². The zero-order chi connectivity index (χ0) is 26.3. The summed E-state index contributed by atoms with van der Waals surface area (Å²) in [7, 11) is 0. The highest BCUT2D eigenvalue weighted by Crippen LogP contribution is 2.41. The molecule has 1 nitrogen and oxygen atoms in total. The Kier molecular flexibility index (Phi) is 7.14. The molecule has 6 aromatic carbocycles. The second kappa shape index (κ2) is 11.5. The van der Waals surface area contributed by atoms with Crippen molar-refractivity contribution in [3.05, 3.63) is 175 Å². The Hall–Kier alpha value is -5.14. The van der Waals surface area contributed by atoms with Gasteiger partial charge in [-0.15, -0.1) is 0 Å². The van der Waals surface area contributed by atoms with Crippen LogP contribution < -0.4 is 4.90 Å². The van der Waals surface area contributed by atoms with Crippen LogP contribution in [0.2, 0.25) is 0 Å². The van der Waals surface area contributed by atoms with Gasteiger partial charge in [0.25, 0.3) is 0 Å². The predicted molar refractivity (Wildman–Crippen MR) is 167 cm³/mol. The lowest BCUT2D eigenvalue weighted by Gasteiger charge is -2.28. The molecule has 0 aliphatic heterocycles. The molecule has 186 valence electrons. The van der Waals surface area contributed by atoms with Gasteiger partial charge in [0.05, 0.1) is 5.69 Å². The molecule has 6 rings (SSSR count). The molecule has 0 saturated heterocycles. The third-order valence-electron chi connectivity index (χ3n) is 6.86. The molecule has 0 aliphatic carbocycles. The van der Waals surface area contributed by atoms with Gasteiger partial charge in [0, 0.05) is 16.9 Å². The number of para-hydroxylation sites is 1. The van der Waals surface area contributed by atoms with Crippen LogP contribution >= 0.6 is 0 Å². The molecule has 0 fully saturated rings. The zero-order valence-electron chi connectivity index (χ0n) is 21.7. The average molecular weight is 500 g/mol. The first-order valence-corrected chi connectivity index (χ1v) is 13.3. The molecule has 0 aromatic heterocycles. The zero-order valence-corrected chi connectivity index (χ0v) is 21.7. The van der Waals surface area contributed by atoms with E-state index in [0.717, 1.165) is 22.6 Å². The number of hydrogen-bond acceptors (Lipinski definition) is 1. The number of anilines is 3. The van der Waals surface area contributed by atoms with Crippen molar-refractivity contribution in [1.82, 2.24) is 0 Å². The molecule has 0 spiro atoms. The Labute approximate surface area is 231 Å². The molecule has 0 unspecified atom stereocenters. The normalized spacial score (nSPS) is 11.0. The van der Waals surface area contributed by atoms with Gasteiger partial charge in [-0.1, -0.05) is 146 Å². The highest BCUT2D eigenvalue weighted by atomic mass is 15.1. The number of rotatable bonds is 7. The fourth-order valence-corrected chi connectivity index (χ4v) is 4.90. The number of nitrogens with zero attached hydrogens (tertiary/aromatic N) is 1. The lowest BCUT2D eigenvalue weighted by Crippen LogP contribution is -2.11. The van der Waals surface area contributed by atoms with Crippen LogP contribution in [0.3, 0.4) is 0 Å². The third kappa shape index (κ3) is 5.58. The summed E-state index contributed by atoms with van der Waals surface area (Å²) in [4.78, 5) is 2.36. The molecule has 0 N–H and O–H groups in total. The summed E-state index contributed by atoms with van der Waals surface area (Å²) in [6.07, 6.45) is 4.32. The quantitative estimate of drug-likeness (QED) is 0.197. The van der Waals surface area contributed by atoms with Crippen molar-refractivity contribution < 1.29 is 0 Å². The molecule has 6 aromatic rings. The van der Waals surface area contributed by atoms with Crippen molar-refractivity contribution in [2.45, 2.75) is 0 Å². The van der Waals surface area contributed by atoms with Gasteiger partial charge in [-0.25, -0.2) is 0 Å². The van der Waals surface area contributed by atoms with Gasteiger partial charge < -0.3 is 4.90 Å². The topological polar surface area (TPSA) is 3.24 Å². The fraction of sp³-hybridized carbons (Fsp3) is 0. The SMILES string of the molecule is C(=Cc1ccc(N(c2cccc(-c3ccccc3)c2)c2ccccc2-c2ccccc2)cc1)c1ccccc1. The Balaban J connectivity index is 1.45. The molecule has 0 atom stereocenters. The summed E-state index contributed by atoms with van der Waals surface area (Å²) in [5.74, 6) is 0.